The second-order valence-corrected chi connectivity index (χ2v) is 6.47. The van der Waals surface area contributed by atoms with Gasteiger partial charge in [-0.25, -0.2) is 12.8 Å². The molecule has 4 nitrogen and oxygen atoms in total. The van der Waals surface area contributed by atoms with Crippen molar-refractivity contribution in [1.82, 2.24) is 0 Å². The van der Waals surface area contributed by atoms with E-state index in [4.69, 9.17) is 5.73 Å². The van der Waals surface area contributed by atoms with E-state index in [1.54, 1.807) is 19.1 Å². The zero-order valence-electron chi connectivity index (χ0n) is 11.9. The molecule has 0 amide bonds. The lowest BCUT2D eigenvalue weighted by molar-refractivity contribution is 0.569. The minimum absolute atomic E-state index is 0.154. The third-order valence-electron chi connectivity index (χ3n) is 3.37. The molecular weight excluding hydrogens is 291 g/mol. The minimum atomic E-state index is -3.97. The summed E-state index contributed by atoms with van der Waals surface area (Å²) in [5.74, 6) is -0.809. The molecule has 0 saturated carbocycles. The largest absolute Gasteiger partial charge is 0.326 e. The molecule has 0 radical (unpaired) electrons. The second kappa shape index (κ2) is 5.83. The number of sulfonamides is 1. The summed E-state index contributed by atoms with van der Waals surface area (Å²) in [5, 5.41) is 0. The fraction of sp³-hybridized carbons (Fsp3) is 0.200. The van der Waals surface area contributed by atoms with Gasteiger partial charge in [-0.2, -0.15) is 0 Å². The van der Waals surface area contributed by atoms with Crippen LogP contribution in [0.2, 0.25) is 0 Å². The zero-order valence-corrected chi connectivity index (χ0v) is 12.7. The Labute approximate surface area is 123 Å². The number of benzene rings is 2. The van der Waals surface area contributed by atoms with Crippen LogP contribution < -0.4 is 10.5 Å². The molecule has 0 fully saturated rings. The van der Waals surface area contributed by atoms with E-state index < -0.39 is 15.8 Å². The molecule has 3 N–H and O–H groups in total. The minimum Gasteiger partial charge on any atom is -0.326 e. The SMILES string of the molecule is Cc1cccc(NS(=O)(=O)c2ccc(CN)cc2F)c1C. The number of halogens is 1. The van der Waals surface area contributed by atoms with Crippen molar-refractivity contribution in [3.8, 4) is 0 Å². The van der Waals surface area contributed by atoms with E-state index in [1.165, 1.54) is 12.1 Å². The van der Waals surface area contributed by atoms with Gasteiger partial charge in [0.1, 0.15) is 10.7 Å². The van der Waals surface area contributed by atoms with E-state index in [2.05, 4.69) is 4.72 Å². The molecule has 0 spiro atoms. The van der Waals surface area contributed by atoms with Gasteiger partial charge in [-0.15, -0.1) is 0 Å². The van der Waals surface area contributed by atoms with Crippen LogP contribution in [0.4, 0.5) is 10.1 Å². The average molecular weight is 308 g/mol. The Kier molecular flexibility index (Phi) is 4.29. The molecule has 0 aromatic heterocycles. The van der Waals surface area contributed by atoms with Crippen molar-refractivity contribution >= 4 is 15.7 Å². The lowest BCUT2D eigenvalue weighted by atomic mass is 10.1. The first-order valence-corrected chi connectivity index (χ1v) is 7.91. The van der Waals surface area contributed by atoms with E-state index in [0.29, 0.717) is 11.3 Å². The quantitative estimate of drug-likeness (QED) is 0.912. The van der Waals surface area contributed by atoms with Gasteiger partial charge in [-0.1, -0.05) is 18.2 Å². The molecule has 6 heteroatoms. The average Bonchev–Trinajstić information content (AvgIpc) is 2.43. The zero-order chi connectivity index (χ0) is 15.6. The lowest BCUT2D eigenvalue weighted by Gasteiger charge is -2.13. The lowest BCUT2D eigenvalue weighted by Crippen LogP contribution is -2.16. The number of nitrogens with two attached hydrogens (primary N) is 1. The normalized spacial score (nSPS) is 11.4. The summed E-state index contributed by atoms with van der Waals surface area (Å²) in [7, 11) is -3.97. The maximum Gasteiger partial charge on any atom is 0.264 e. The number of rotatable bonds is 4. The number of hydrogen-bond donors (Lipinski definition) is 2. The Hall–Kier alpha value is -1.92. The Morgan fingerprint density at radius 2 is 1.90 bits per heavy atom. The van der Waals surface area contributed by atoms with Crippen molar-refractivity contribution in [3.05, 3.63) is 58.9 Å². The molecule has 21 heavy (non-hydrogen) atoms. The van der Waals surface area contributed by atoms with Crippen LogP contribution in [-0.2, 0) is 16.6 Å². The van der Waals surface area contributed by atoms with Gasteiger partial charge in [0.15, 0.2) is 0 Å². The van der Waals surface area contributed by atoms with Gasteiger partial charge in [0, 0.05) is 6.54 Å². The maximum absolute atomic E-state index is 13.9. The maximum atomic E-state index is 13.9. The van der Waals surface area contributed by atoms with Crippen LogP contribution in [0.25, 0.3) is 0 Å². The molecule has 0 heterocycles. The Morgan fingerprint density at radius 1 is 1.19 bits per heavy atom. The van der Waals surface area contributed by atoms with Crippen LogP contribution in [0.3, 0.4) is 0 Å². The van der Waals surface area contributed by atoms with Crippen LogP contribution in [0.15, 0.2) is 41.3 Å². The smallest absolute Gasteiger partial charge is 0.264 e. The number of hydrogen-bond acceptors (Lipinski definition) is 3. The van der Waals surface area contributed by atoms with E-state index in [1.807, 2.05) is 13.0 Å². The highest BCUT2D eigenvalue weighted by molar-refractivity contribution is 7.92. The van der Waals surface area contributed by atoms with Crippen LogP contribution in [0.1, 0.15) is 16.7 Å². The molecule has 2 aromatic carbocycles. The summed E-state index contributed by atoms with van der Waals surface area (Å²) < 4.78 is 41.0. The fourth-order valence-electron chi connectivity index (χ4n) is 1.95. The molecule has 0 bridgehead atoms. The molecule has 0 aliphatic heterocycles. The second-order valence-electron chi connectivity index (χ2n) is 4.82. The highest BCUT2D eigenvalue weighted by Crippen LogP contribution is 2.23. The summed E-state index contributed by atoms with van der Waals surface area (Å²) >= 11 is 0. The summed E-state index contributed by atoms with van der Waals surface area (Å²) in [6.07, 6.45) is 0. The van der Waals surface area contributed by atoms with Crippen molar-refractivity contribution in [3.63, 3.8) is 0 Å². The van der Waals surface area contributed by atoms with Crippen molar-refractivity contribution < 1.29 is 12.8 Å². The van der Waals surface area contributed by atoms with E-state index in [0.717, 1.165) is 17.2 Å². The highest BCUT2D eigenvalue weighted by atomic mass is 32.2. The highest BCUT2D eigenvalue weighted by Gasteiger charge is 2.20. The van der Waals surface area contributed by atoms with Gasteiger partial charge in [-0.05, 0) is 48.7 Å². The van der Waals surface area contributed by atoms with Crippen molar-refractivity contribution in [1.29, 1.82) is 0 Å². The van der Waals surface area contributed by atoms with Gasteiger partial charge >= 0.3 is 0 Å². The van der Waals surface area contributed by atoms with Crippen molar-refractivity contribution in [2.45, 2.75) is 25.3 Å². The first-order chi connectivity index (χ1) is 9.85. The van der Waals surface area contributed by atoms with E-state index in [9.17, 15) is 12.8 Å². The molecule has 0 saturated heterocycles. The molecule has 0 aliphatic carbocycles. The Balaban J connectivity index is 2.41. The third kappa shape index (κ3) is 3.22. The van der Waals surface area contributed by atoms with Gasteiger partial charge in [-0.3, -0.25) is 4.72 Å². The first kappa shape index (κ1) is 15.5. The van der Waals surface area contributed by atoms with Crippen LogP contribution in [0.5, 0.6) is 0 Å². The topological polar surface area (TPSA) is 72.2 Å². The van der Waals surface area contributed by atoms with Crippen LogP contribution in [0, 0.1) is 19.7 Å². The van der Waals surface area contributed by atoms with Crippen molar-refractivity contribution in [2.75, 3.05) is 4.72 Å². The summed E-state index contributed by atoms with van der Waals surface area (Å²) in [5.41, 5.74) is 8.15. The number of nitrogens with one attached hydrogen (secondary N) is 1. The van der Waals surface area contributed by atoms with Gasteiger partial charge < -0.3 is 5.73 Å². The van der Waals surface area contributed by atoms with Gasteiger partial charge in [0.2, 0.25) is 0 Å². The van der Waals surface area contributed by atoms with Crippen LogP contribution >= 0.6 is 0 Å². The molecule has 0 aliphatic rings. The third-order valence-corrected chi connectivity index (χ3v) is 4.77. The predicted octanol–water partition coefficient (Wildman–Crippen LogP) is 2.70. The number of aryl methyl sites for hydroxylation is 1. The summed E-state index contributed by atoms with van der Waals surface area (Å²) in [4.78, 5) is -0.388. The molecule has 0 atom stereocenters. The summed E-state index contributed by atoms with van der Waals surface area (Å²) in [6, 6.07) is 9.13. The molecule has 112 valence electrons. The van der Waals surface area contributed by atoms with Crippen molar-refractivity contribution in [2.24, 2.45) is 5.73 Å². The predicted molar refractivity (Wildman–Crippen MR) is 81.0 cm³/mol. The molecule has 0 unspecified atom stereocenters. The first-order valence-electron chi connectivity index (χ1n) is 6.42. The van der Waals surface area contributed by atoms with Gasteiger partial charge in [0.05, 0.1) is 5.69 Å². The Bertz CT molecular complexity index is 773. The standard InChI is InChI=1S/C15H17FN2O2S/c1-10-4-3-5-14(11(10)2)18-21(19,20)15-7-6-12(9-17)8-13(15)16/h3-8,18H,9,17H2,1-2H3. The Morgan fingerprint density at radius 3 is 2.52 bits per heavy atom. The van der Waals surface area contributed by atoms with Gasteiger partial charge in [0.25, 0.3) is 10.0 Å². The molecule has 2 aromatic rings. The molecular formula is C15H17FN2O2S. The number of anilines is 1. The monoisotopic (exact) mass is 308 g/mol. The van der Waals surface area contributed by atoms with Crippen LogP contribution in [-0.4, -0.2) is 8.42 Å². The summed E-state index contributed by atoms with van der Waals surface area (Å²) in [6.45, 7) is 3.84. The fourth-order valence-corrected chi connectivity index (χ4v) is 3.13. The van der Waals surface area contributed by atoms with E-state index in [-0.39, 0.29) is 11.4 Å². The molecule has 2 rings (SSSR count). The van der Waals surface area contributed by atoms with E-state index >= 15 is 0 Å².